The van der Waals surface area contributed by atoms with E-state index in [9.17, 15) is 18.0 Å². The van der Waals surface area contributed by atoms with Crippen molar-refractivity contribution in [1.29, 1.82) is 0 Å². The Labute approximate surface area is 121 Å². The number of rotatable bonds is 4. The van der Waals surface area contributed by atoms with Gasteiger partial charge in [-0.3, -0.25) is 5.32 Å². The van der Waals surface area contributed by atoms with Crippen LogP contribution in [0.25, 0.3) is 0 Å². The maximum atomic E-state index is 12.3. The number of urea groups is 1. The molecule has 2 N–H and O–H groups in total. The van der Waals surface area contributed by atoms with Crippen LogP contribution in [0.1, 0.15) is 23.5 Å². The number of nitrogens with one attached hydrogen (secondary N) is 2. The second kappa shape index (κ2) is 6.12. The van der Waals surface area contributed by atoms with Crippen LogP contribution in [0.3, 0.4) is 0 Å². The second-order valence-corrected chi connectivity index (χ2v) is 5.07. The molecule has 0 aliphatic heterocycles. The third-order valence-electron chi connectivity index (χ3n) is 2.46. The summed E-state index contributed by atoms with van der Waals surface area (Å²) in [6.07, 6.45) is -2.52. The van der Waals surface area contributed by atoms with Crippen molar-refractivity contribution in [2.45, 2.75) is 19.0 Å². The highest BCUT2D eigenvalue weighted by Crippen LogP contribution is 2.29. The van der Waals surface area contributed by atoms with Gasteiger partial charge in [-0.1, -0.05) is 6.92 Å². The van der Waals surface area contributed by atoms with E-state index in [0.717, 1.165) is 5.01 Å². The van der Waals surface area contributed by atoms with Crippen molar-refractivity contribution >= 4 is 23.4 Å². The van der Waals surface area contributed by atoms with Crippen LogP contribution in [0, 0.1) is 0 Å². The van der Waals surface area contributed by atoms with Crippen LogP contribution in [0.4, 0.5) is 24.0 Å². The summed E-state index contributed by atoms with van der Waals surface area (Å²) < 4.78 is 41.4. The molecule has 0 radical (unpaired) electrons. The van der Waals surface area contributed by atoms with Crippen LogP contribution >= 0.6 is 11.3 Å². The van der Waals surface area contributed by atoms with E-state index in [1.54, 1.807) is 6.20 Å². The van der Waals surface area contributed by atoms with Crippen molar-refractivity contribution in [3.8, 4) is 0 Å². The van der Waals surface area contributed by atoms with Gasteiger partial charge in [-0.15, -0.1) is 11.3 Å². The van der Waals surface area contributed by atoms with Crippen LogP contribution in [0.5, 0.6) is 0 Å². The molecule has 6 nitrogen and oxygen atoms in total. The summed E-state index contributed by atoms with van der Waals surface area (Å²) in [5.74, 6) is -0.00829. The van der Waals surface area contributed by atoms with Gasteiger partial charge in [-0.25, -0.2) is 9.78 Å². The average molecular weight is 320 g/mol. The fourth-order valence-electron chi connectivity index (χ4n) is 1.41. The Morgan fingerprint density at radius 3 is 2.86 bits per heavy atom. The molecule has 21 heavy (non-hydrogen) atoms. The molecular formula is C11H11F3N4O2S. The van der Waals surface area contributed by atoms with Crippen molar-refractivity contribution in [1.82, 2.24) is 15.3 Å². The molecule has 0 aliphatic rings. The lowest BCUT2D eigenvalue weighted by Gasteiger charge is -2.09. The quantitative estimate of drug-likeness (QED) is 0.907. The predicted octanol–water partition coefficient (Wildman–Crippen LogP) is 3.08. The van der Waals surface area contributed by atoms with Crippen molar-refractivity contribution in [3.63, 3.8) is 0 Å². The molecule has 1 unspecified atom stereocenters. The molecule has 114 valence electrons. The SMILES string of the molecule is CC(CNC(=O)Nc1nc(C(F)(F)F)co1)c1nccs1. The minimum absolute atomic E-state index is 0.00829. The van der Waals surface area contributed by atoms with E-state index >= 15 is 0 Å². The second-order valence-electron chi connectivity index (χ2n) is 4.14. The van der Waals surface area contributed by atoms with Crippen molar-refractivity contribution in [2.24, 2.45) is 0 Å². The summed E-state index contributed by atoms with van der Waals surface area (Å²) in [6, 6.07) is -1.21. The van der Waals surface area contributed by atoms with Gasteiger partial charge in [0.05, 0.1) is 5.01 Å². The van der Waals surface area contributed by atoms with Crippen LogP contribution in [-0.2, 0) is 6.18 Å². The number of thiazole rings is 1. The summed E-state index contributed by atoms with van der Waals surface area (Å²) in [4.78, 5) is 18.7. The first-order valence-corrected chi connectivity index (χ1v) is 6.71. The molecule has 2 heterocycles. The van der Waals surface area contributed by atoms with Crippen molar-refractivity contribution in [2.75, 3.05) is 11.9 Å². The molecule has 2 aromatic heterocycles. The summed E-state index contributed by atoms with van der Waals surface area (Å²) >= 11 is 1.45. The summed E-state index contributed by atoms with van der Waals surface area (Å²) in [7, 11) is 0. The standard InChI is InChI=1S/C11H11F3N4O2S/c1-6(8-15-2-3-21-8)4-16-9(19)18-10-17-7(5-20-10)11(12,13)14/h2-3,5-6H,4H2,1H3,(H2,16,17,18,19). The Kier molecular flexibility index (Phi) is 4.46. The first-order chi connectivity index (χ1) is 9.86. The lowest BCUT2D eigenvalue weighted by Crippen LogP contribution is -2.31. The number of hydrogen-bond acceptors (Lipinski definition) is 5. The van der Waals surface area contributed by atoms with Gasteiger partial charge in [0.2, 0.25) is 0 Å². The molecular weight excluding hydrogens is 309 g/mol. The van der Waals surface area contributed by atoms with Crippen molar-refractivity contribution < 1.29 is 22.4 Å². The van der Waals surface area contributed by atoms with E-state index < -0.39 is 23.9 Å². The number of carbonyl (C=O) groups excluding carboxylic acids is 1. The number of carbonyl (C=O) groups is 1. The molecule has 0 bridgehead atoms. The number of alkyl halides is 3. The number of oxazole rings is 1. The first kappa shape index (κ1) is 15.3. The van der Waals surface area contributed by atoms with Gasteiger partial charge in [0, 0.05) is 24.0 Å². The normalized spacial score (nSPS) is 13.0. The fraction of sp³-hybridized carbons (Fsp3) is 0.364. The van der Waals surface area contributed by atoms with E-state index in [1.807, 2.05) is 12.3 Å². The molecule has 10 heteroatoms. The monoisotopic (exact) mass is 320 g/mol. The Bertz CT molecular complexity index is 597. The third kappa shape index (κ3) is 4.18. The Hall–Kier alpha value is -2.10. The molecule has 0 spiro atoms. The highest BCUT2D eigenvalue weighted by Gasteiger charge is 2.35. The predicted molar refractivity (Wildman–Crippen MR) is 69.1 cm³/mol. The Morgan fingerprint density at radius 1 is 1.52 bits per heavy atom. The van der Waals surface area contributed by atoms with Crippen LogP contribution in [0.2, 0.25) is 0 Å². The first-order valence-electron chi connectivity index (χ1n) is 5.83. The maximum Gasteiger partial charge on any atom is 0.436 e. The number of anilines is 1. The lowest BCUT2D eigenvalue weighted by molar-refractivity contribution is -0.141. The summed E-state index contributed by atoms with van der Waals surface area (Å²) in [6.45, 7) is 2.15. The lowest BCUT2D eigenvalue weighted by atomic mass is 10.2. The topological polar surface area (TPSA) is 80.0 Å². The average Bonchev–Trinajstić information content (AvgIpc) is 3.05. The van der Waals surface area contributed by atoms with Gasteiger partial charge in [0.1, 0.15) is 6.26 Å². The van der Waals surface area contributed by atoms with E-state index in [4.69, 9.17) is 0 Å². The van der Waals surface area contributed by atoms with Crippen molar-refractivity contribution in [3.05, 3.63) is 28.5 Å². The smallest absolute Gasteiger partial charge is 0.431 e. The minimum atomic E-state index is -4.61. The van der Waals surface area contributed by atoms with E-state index in [0.29, 0.717) is 6.26 Å². The molecule has 0 saturated heterocycles. The highest BCUT2D eigenvalue weighted by molar-refractivity contribution is 7.09. The van der Waals surface area contributed by atoms with Gasteiger partial charge >= 0.3 is 18.2 Å². The van der Waals surface area contributed by atoms with Gasteiger partial charge in [-0.2, -0.15) is 18.2 Å². The van der Waals surface area contributed by atoms with E-state index in [2.05, 4.69) is 25.0 Å². The van der Waals surface area contributed by atoms with E-state index in [1.165, 1.54) is 11.3 Å². The van der Waals surface area contributed by atoms with Gasteiger partial charge in [-0.05, 0) is 0 Å². The highest BCUT2D eigenvalue weighted by atomic mass is 32.1. The zero-order valence-electron chi connectivity index (χ0n) is 10.8. The largest absolute Gasteiger partial charge is 0.436 e. The van der Waals surface area contributed by atoms with E-state index in [-0.39, 0.29) is 12.5 Å². The summed E-state index contributed by atoms with van der Waals surface area (Å²) in [5.41, 5.74) is -1.20. The molecule has 2 aromatic rings. The number of aromatic nitrogens is 2. The van der Waals surface area contributed by atoms with Gasteiger partial charge in [0.15, 0.2) is 5.69 Å². The molecule has 2 amide bonds. The van der Waals surface area contributed by atoms with Crippen LogP contribution < -0.4 is 10.6 Å². The molecule has 0 aromatic carbocycles. The molecule has 0 saturated carbocycles. The Balaban J connectivity index is 1.83. The number of nitrogens with zero attached hydrogens (tertiary/aromatic N) is 2. The molecule has 0 aliphatic carbocycles. The van der Waals surface area contributed by atoms with Gasteiger partial charge < -0.3 is 9.73 Å². The minimum Gasteiger partial charge on any atom is -0.431 e. The van der Waals surface area contributed by atoms with Gasteiger partial charge in [0.25, 0.3) is 0 Å². The van der Waals surface area contributed by atoms with Crippen LogP contribution in [-0.4, -0.2) is 22.5 Å². The maximum absolute atomic E-state index is 12.3. The summed E-state index contributed by atoms with van der Waals surface area (Å²) in [5, 5.41) is 7.26. The molecule has 0 fully saturated rings. The van der Waals surface area contributed by atoms with Crippen LogP contribution in [0.15, 0.2) is 22.3 Å². The Morgan fingerprint density at radius 2 is 2.29 bits per heavy atom. The molecule has 1 atom stereocenters. The molecule has 2 rings (SSSR count). The fourth-order valence-corrected chi connectivity index (χ4v) is 2.11. The zero-order chi connectivity index (χ0) is 15.5. The number of halogens is 3. The number of amides is 2. The number of hydrogen-bond donors (Lipinski definition) is 2. The third-order valence-corrected chi connectivity index (χ3v) is 3.46. The zero-order valence-corrected chi connectivity index (χ0v) is 11.6.